The van der Waals surface area contributed by atoms with Crippen LogP contribution in [0.5, 0.6) is 0 Å². The van der Waals surface area contributed by atoms with Crippen LogP contribution in [0.2, 0.25) is 0 Å². The van der Waals surface area contributed by atoms with E-state index >= 15 is 0 Å². The summed E-state index contributed by atoms with van der Waals surface area (Å²) >= 11 is 0. The quantitative estimate of drug-likeness (QED) is 0.836. The minimum Gasteiger partial charge on any atom is -0.385 e. The van der Waals surface area contributed by atoms with Crippen molar-refractivity contribution in [3.05, 3.63) is 24.0 Å². The third kappa shape index (κ3) is 5.64. The van der Waals surface area contributed by atoms with Crippen molar-refractivity contribution < 1.29 is 0 Å². The maximum absolute atomic E-state index is 4.51. The Morgan fingerprint density at radius 1 is 1.19 bits per heavy atom. The van der Waals surface area contributed by atoms with E-state index in [2.05, 4.69) is 53.0 Å². The number of hydrogen-bond acceptors (Lipinski definition) is 4. The molecular weight excluding hydrogens is 260 g/mol. The molecule has 1 saturated heterocycles. The zero-order valence-corrected chi connectivity index (χ0v) is 13.8. The van der Waals surface area contributed by atoms with E-state index in [0.717, 1.165) is 38.5 Å². The Bertz CT molecular complexity index is 411. The van der Waals surface area contributed by atoms with Crippen molar-refractivity contribution >= 4 is 5.69 Å². The molecule has 0 radical (unpaired) electrons. The predicted molar refractivity (Wildman–Crippen MR) is 89.6 cm³/mol. The number of piperazine rings is 1. The molecule has 0 aliphatic carbocycles. The van der Waals surface area contributed by atoms with Crippen LogP contribution in [0.25, 0.3) is 0 Å². The summed E-state index contributed by atoms with van der Waals surface area (Å²) in [6.45, 7) is 14.7. The van der Waals surface area contributed by atoms with Gasteiger partial charge < -0.3 is 10.2 Å². The highest BCUT2D eigenvalue weighted by Gasteiger charge is 2.17. The maximum Gasteiger partial charge on any atom is 0.0564 e. The summed E-state index contributed by atoms with van der Waals surface area (Å²) in [5, 5.41) is 3.43. The molecule has 1 fully saturated rings. The van der Waals surface area contributed by atoms with Crippen LogP contribution in [0.1, 0.15) is 32.9 Å². The topological polar surface area (TPSA) is 31.4 Å². The summed E-state index contributed by atoms with van der Waals surface area (Å²) in [6, 6.07) is 4.25. The standard InChI is InChI=1S/C17H30N4/c1-4-6-18-16-5-7-19-17(12-16)14-21-10-8-20(9-11-21)13-15(2)3/h5,7,12,15H,4,6,8-11,13-14H2,1-3H3,(H,18,19). The summed E-state index contributed by atoms with van der Waals surface area (Å²) in [7, 11) is 0. The van der Waals surface area contributed by atoms with Crippen molar-refractivity contribution in [1.82, 2.24) is 14.8 Å². The molecule has 2 rings (SSSR count). The Morgan fingerprint density at radius 3 is 2.57 bits per heavy atom. The zero-order valence-electron chi connectivity index (χ0n) is 13.8. The molecule has 118 valence electrons. The van der Waals surface area contributed by atoms with Crippen LogP contribution >= 0.6 is 0 Å². The van der Waals surface area contributed by atoms with Crippen LogP contribution in [0, 0.1) is 5.92 Å². The van der Waals surface area contributed by atoms with Crippen molar-refractivity contribution in [2.24, 2.45) is 5.92 Å². The molecule has 21 heavy (non-hydrogen) atoms. The fourth-order valence-corrected chi connectivity index (χ4v) is 2.82. The highest BCUT2D eigenvalue weighted by molar-refractivity contribution is 5.43. The van der Waals surface area contributed by atoms with E-state index in [9.17, 15) is 0 Å². The first-order valence-corrected chi connectivity index (χ1v) is 8.31. The van der Waals surface area contributed by atoms with Crippen LogP contribution in [-0.4, -0.2) is 54.1 Å². The summed E-state index contributed by atoms with van der Waals surface area (Å²) in [5.74, 6) is 0.763. The van der Waals surface area contributed by atoms with Crippen molar-refractivity contribution in [3.8, 4) is 0 Å². The van der Waals surface area contributed by atoms with Gasteiger partial charge >= 0.3 is 0 Å². The fourth-order valence-electron chi connectivity index (χ4n) is 2.82. The minimum atomic E-state index is 0.763. The van der Waals surface area contributed by atoms with Gasteiger partial charge in [-0.25, -0.2) is 0 Å². The number of aromatic nitrogens is 1. The Morgan fingerprint density at radius 2 is 1.90 bits per heavy atom. The zero-order chi connectivity index (χ0) is 15.1. The van der Waals surface area contributed by atoms with Crippen LogP contribution < -0.4 is 5.32 Å². The van der Waals surface area contributed by atoms with E-state index in [4.69, 9.17) is 0 Å². The molecule has 1 aromatic rings. The lowest BCUT2D eigenvalue weighted by Crippen LogP contribution is -2.46. The molecule has 0 unspecified atom stereocenters. The number of rotatable bonds is 7. The second-order valence-corrected chi connectivity index (χ2v) is 6.43. The van der Waals surface area contributed by atoms with Crippen molar-refractivity contribution in [2.45, 2.75) is 33.7 Å². The molecule has 4 nitrogen and oxygen atoms in total. The van der Waals surface area contributed by atoms with Gasteiger partial charge in [0.05, 0.1) is 5.69 Å². The Kier molecular flexibility index (Phi) is 6.46. The predicted octanol–water partition coefficient (Wildman–Crippen LogP) is 2.68. The average Bonchev–Trinajstić information content (AvgIpc) is 2.47. The molecule has 1 aliphatic rings. The minimum absolute atomic E-state index is 0.763. The van der Waals surface area contributed by atoms with Crippen molar-refractivity contribution in [1.29, 1.82) is 0 Å². The molecule has 0 bridgehead atoms. The first-order chi connectivity index (χ1) is 10.2. The van der Waals surface area contributed by atoms with Gasteiger partial charge in [0, 0.05) is 57.7 Å². The molecule has 0 saturated carbocycles. The molecule has 2 heterocycles. The largest absolute Gasteiger partial charge is 0.385 e. The van der Waals surface area contributed by atoms with E-state index in [1.54, 1.807) is 0 Å². The number of pyridine rings is 1. The number of hydrogen-bond donors (Lipinski definition) is 1. The highest BCUT2D eigenvalue weighted by Crippen LogP contribution is 2.12. The van der Waals surface area contributed by atoms with Gasteiger partial charge in [-0.1, -0.05) is 20.8 Å². The number of anilines is 1. The lowest BCUT2D eigenvalue weighted by Gasteiger charge is -2.35. The number of nitrogens with one attached hydrogen (secondary N) is 1. The summed E-state index contributed by atoms with van der Waals surface area (Å²) < 4.78 is 0. The second kappa shape index (κ2) is 8.35. The Labute approximate surface area is 129 Å². The molecule has 0 aromatic carbocycles. The second-order valence-electron chi connectivity index (χ2n) is 6.43. The van der Waals surface area contributed by atoms with Crippen LogP contribution in [0.15, 0.2) is 18.3 Å². The van der Waals surface area contributed by atoms with Gasteiger partial charge in [-0.2, -0.15) is 0 Å². The lowest BCUT2D eigenvalue weighted by molar-refractivity contribution is 0.116. The smallest absolute Gasteiger partial charge is 0.0564 e. The van der Waals surface area contributed by atoms with Gasteiger partial charge in [0.1, 0.15) is 0 Å². The van der Waals surface area contributed by atoms with Gasteiger partial charge in [0.2, 0.25) is 0 Å². The Hall–Kier alpha value is -1.13. The normalized spacial score (nSPS) is 17.3. The summed E-state index contributed by atoms with van der Waals surface area (Å²) in [6.07, 6.45) is 3.07. The van der Waals surface area contributed by atoms with Gasteiger partial charge in [0.15, 0.2) is 0 Å². The van der Waals surface area contributed by atoms with E-state index in [-0.39, 0.29) is 0 Å². The first kappa shape index (κ1) is 16.2. The third-order valence-electron chi connectivity index (χ3n) is 3.87. The van der Waals surface area contributed by atoms with Gasteiger partial charge in [-0.15, -0.1) is 0 Å². The van der Waals surface area contributed by atoms with Crippen LogP contribution in [-0.2, 0) is 6.54 Å². The monoisotopic (exact) mass is 290 g/mol. The van der Waals surface area contributed by atoms with E-state index in [1.807, 2.05) is 6.20 Å². The summed E-state index contributed by atoms with van der Waals surface area (Å²) in [5.41, 5.74) is 2.37. The van der Waals surface area contributed by atoms with Crippen molar-refractivity contribution in [2.75, 3.05) is 44.6 Å². The van der Waals surface area contributed by atoms with E-state index < -0.39 is 0 Å². The van der Waals surface area contributed by atoms with Crippen molar-refractivity contribution in [3.63, 3.8) is 0 Å². The molecule has 1 N–H and O–H groups in total. The average molecular weight is 290 g/mol. The number of nitrogens with zero attached hydrogens (tertiary/aromatic N) is 3. The molecule has 1 aromatic heterocycles. The first-order valence-electron chi connectivity index (χ1n) is 8.31. The van der Waals surface area contributed by atoms with Gasteiger partial charge in [0.25, 0.3) is 0 Å². The lowest BCUT2D eigenvalue weighted by atomic mass is 10.2. The molecular formula is C17H30N4. The molecule has 0 amide bonds. The van der Waals surface area contributed by atoms with E-state index in [1.165, 1.54) is 31.0 Å². The third-order valence-corrected chi connectivity index (χ3v) is 3.87. The van der Waals surface area contributed by atoms with E-state index in [0.29, 0.717) is 0 Å². The van der Waals surface area contributed by atoms with Crippen LogP contribution in [0.4, 0.5) is 5.69 Å². The molecule has 0 spiro atoms. The summed E-state index contributed by atoms with van der Waals surface area (Å²) in [4.78, 5) is 9.61. The van der Waals surface area contributed by atoms with Gasteiger partial charge in [-0.3, -0.25) is 9.88 Å². The molecule has 4 heteroatoms. The Balaban J connectivity index is 1.80. The molecule has 1 aliphatic heterocycles. The fraction of sp³-hybridized carbons (Fsp3) is 0.706. The van der Waals surface area contributed by atoms with Crippen LogP contribution in [0.3, 0.4) is 0 Å². The SMILES string of the molecule is CCCNc1ccnc(CN2CCN(CC(C)C)CC2)c1. The van der Waals surface area contributed by atoms with Gasteiger partial charge in [-0.05, 0) is 24.5 Å². The highest BCUT2D eigenvalue weighted by atomic mass is 15.3. The molecule has 0 atom stereocenters. The maximum atomic E-state index is 4.51.